The fraction of sp³-hybridized carbons (Fsp3) is 0.700. The van der Waals surface area contributed by atoms with Gasteiger partial charge in [0, 0.05) is 27.7 Å². The van der Waals surface area contributed by atoms with Gasteiger partial charge in [-0.05, 0) is 0 Å². The van der Waals surface area contributed by atoms with Crippen molar-refractivity contribution in [3.05, 3.63) is 0 Å². The molecule has 8 nitrogen and oxygen atoms in total. The van der Waals surface area contributed by atoms with Gasteiger partial charge in [-0.3, -0.25) is 9.59 Å². The van der Waals surface area contributed by atoms with Gasteiger partial charge in [-0.2, -0.15) is 0 Å². The molecule has 0 aliphatic heterocycles. The van der Waals surface area contributed by atoms with Crippen molar-refractivity contribution in [2.24, 2.45) is 0 Å². The first kappa shape index (κ1) is 16.2. The highest BCUT2D eigenvalue weighted by Crippen LogP contribution is 1.97. The SMILES string of the molecule is CNC(=O)CN(C)C(=O)N(CCOC)CC(=O)O. The Hall–Kier alpha value is -1.83. The van der Waals surface area contributed by atoms with E-state index in [1.54, 1.807) is 0 Å². The van der Waals surface area contributed by atoms with Gasteiger partial charge in [0.05, 0.1) is 6.61 Å². The zero-order valence-electron chi connectivity index (χ0n) is 10.8. The second kappa shape index (κ2) is 8.29. The van der Waals surface area contributed by atoms with Crippen LogP contribution in [0, 0.1) is 0 Å². The average Bonchev–Trinajstić information content (AvgIpc) is 2.32. The molecule has 0 spiro atoms. The number of carboxylic acids is 1. The molecule has 0 aliphatic carbocycles. The molecule has 0 unspecified atom stereocenters. The van der Waals surface area contributed by atoms with Gasteiger partial charge in [-0.1, -0.05) is 0 Å². The Morgan fingerprint density at radius 3 is 2.33 bits per heavy atom. The Morgan fingerprint density at radius 2 is 1.89 bits per heavy atom. The van der Waals surface area contributed by atoms with E-state index in [0.717, 1.165) is 9.80 Å². The van der Waals surface area contributed by atoms with Crippen molar-refractivity contribution < 1.29 is 24.2 Å². The van der Waals surface area contributed by atoms with Crippen LogP contribution in [-0.4, -0.2) is 80.3 Å². The molecule has 8 heteroatoms. The predicted molar refractivity (Wildman–Crippen MR) is 63.2 cm³/mol. The number of nitrogens with one attached hydrogen (secondary N) is 1. The number of carboxylic acid groups (broad SMARTS) is 1. The fourth-order valence-corrected chi connectivity index (χ4v) is 1.21. The third kappa shape index (κ3) is 6.04. The van der Waals surface area contributed by atoms with Crippen LogP contribution in [-0.2, 0) is 14.3 Å². The van der Waals surface area contributed by atoms with Crippen molar-refractivity contribution >= 4 is 17.9 Å². The van der Waals surface area contributed by atoms with Crippen LogP contribution in [0.4, 0.5) is 4.79 Å². The number of urea groups is 1. The van der Waals surface area contributed by atoms with E-state index in [0.29, 0.717) is 0 Å². The monoisotopic (exact) mass is 261 g/mol. The van der Waals surface area contributed by atoms with E-state index in [2.05, 4.69) is 5.32 Å². The predicted octanol–water partition coefficient (Wildman–Crippen LogP) is -1.18. The summed E-state index contributed by atoms with van der Waals surface area (Å²) >= 11 is 0. The molecule has 0 aliphatic rings. The van der Waals surface area contributed by atoms with Gasteiger partial charge in [0.25, 0.3) is 0 Å². The Kier molecular flexibility index (Phi) is 7.45. The molecule has 0 aromatic rings. The van der Waals surface area contributed by atoms with E-state index in [9.17, 15) is 14.4 Å². The smallest absolute Gasteiger partial charge is 0.323 e. The van der Waals surface area contributed by atoms with E-state index in [1.807, 2.05) is 0 Å². The summed E-state index contributed by atoms with van der Waals surface area (Å²) in [6, 6.07) is -0.530. The van der Waals surface area contributed by atoms with Gasteiger partial charge in [-0.25, -0.2) is 4.79 Å². The van der Waals surface area contributed by atoms with Crippen LogP contribution in [0.1, 0.15) is 0 Å². The maximum atomic E-state index is 11.9. The van der Waals surface area contributed by atoms with Gasteiger partial charge >= 0.3 is 12.0 Å². The number of amides is 3. The molecule has 104 valence electrons. The number of methoxy groups -OCH3 is 1. The number of ether oxygens (including phenoxy) is 1. The topological polar surface area (TPSA) is 99.2 Å². The van der Waals surface area contributed by atoms with Crippen LogP contribution in [0.25, 0.3) is 0 Å². The first-order chi connectivity index (χ1) is 8.42. The highest BCUT2D eigenvalue weighted by molar-refractivity contribution is 5.85. The van der Waals surface area contributed by atoms with Crippen molar-refractivity contribution in [2.45, 2.75) is 0 Å². The van der Waals surface area contributed by atoms with E-state index in [4.69, 9.17) is 9.84 Å². The highest BCUT2D eigenvalue weighted by atomic mass is 16.5. The average molecular weight is 261 g/mol. The molecule has 0 saturated carbocycles. The molecule has 3 amide bonds. The number of nitrogens with zero attached hydrogens (tertiary/aromatic N) is 2. The minimum Gasteiger partial charge on any atom is -0.480 e. The van der Waals surface area contributed by atoms with Gasteiger partial charge in [-0.15, -0.1) is 0 Å². The maximum Gasteiger partial charge on any atom is 0.323 e. The molecule has 0 atom stereocenters. The molecule has 0 fully saturated rings. The molecular formula is C10H19N3O5. The third-order valence-corrected chi connectivity index (χ3v) is 2.15. The lowest BCUT2D eigenvalue weighted by molar-refractivity contribution is -0.137. The molecule has 2 N–H and O–H groups in total. The Bertz CT molecular complexity index is 308. The Labute approximate surface area is 105 Å². The molecular weight excluding hydrogens is 242 g/mol. The zero-order chi connectivity index (χ0) is 14.1. The molecule has 0 radical (unpaired) electrons. The lowest BCUT2D eigenvalue weighted by Gasteiger charge is -2.26. The number of likely N-dealkylation sites (N-methyl/N-ethyl adjacent to an activating group) is 2. The van der Waals surface area contributed by atoms with Gasteiger partial charge in [0.15, 0.2) is 0 Å². The molecule has 18 heavy (non-hydrogen) atoms. The van der Waals surface area contributed by atoms with Crippen LogP contribution >= 0.6 is 0 Å². The first-order valence-corrected chi connectivity index (χ1v) is 5.33. The summed E-state index contributed by atoms with van der Waals surface area (Å²) in [6.45, 7) is -0.175. The van der Waals surface area contributed by atoms with E-state index < -0.39 is 18.5 Å². The van der Waals surface area contributed by atoms with Gasteiger partial charge in [0.1, 0.15) is 13.1 Å². The Morgan fingerprint density at radius 1 is 1.28 bits per heavy atom. The van der Waals surface area contributed by atoms with Crippen molar-refractivity contribution in [1.29, 1.82) is 0 Å². The van der Waals surface area contributed by atoms with Crippen LogP contribution in [0.15, 0.2) is 0 Å². The standard InChI is InChI=1S/C10H19N3O5/c1-11-8(14)6-12(2)10(17)13(4-5-18-3)7-9(15)16/h4-7H2,1-3H3,(H,11,14)(H,15,16). The van der Waals surface area contributed by atoms with Crippen molar-refractivity contribution in [3.8, 4) is 0 Å². The highest BCUT2D eigenvalue weighted by Gasteiger charge is 2.21. The van der Waals surface area contributed by atoms with Crippen LogP contribution in [0.5, 0.6) is 0 Å². The summed E-state index contributed by atoms with van der Waals surface area (Å²) in [5.41, 5.74) is 0. The van der Waals surface area contributed by atoms with Crippen molar-refractivity contribution in [2.75, 3.05) is 47.4 Å². The minimum atomic E-state index is -1.12. The maximum absolute atomic E-state index is 11.9. The summed E-state index contributed by atoms with van der Waals surface area (Å²) in [5, 5.41) is 11.1. The second-order valence-electron chi connectivity index (χ2n) is 3.62. The van der Waals surface area contributed by atoms with Gasteiger partial charge < -0.3 is 25.0 Å². The molecule has 0 aromatic heterocycles. The first-order valence-electron chi connectivity index (χ1n) is 5.33. The molecule has 0 heterocycles. The number of carbonyl (C=O) groups is 3. The second-order valence-corrected chi connectivity index (χ2v) is 3.62. The van der Waals surface area contributed by atoms with Crippen LogP contribution < -0.4 is 5.32 Å². The van der Waals surface area contributed by atoms with Gasteiger partial charge in [0.2, 0.25) is 5.91 Å². The molecule has 0 bridgehead atoms. The summed E-state index contributed by atoms with van der Waals surface area (Å²) < 4.78 is 4.80. The van der Waals surface area contributed by atoms with Crippen molar-refractivity contribution in [1.82, 2.24) is 15.1 Å². The molecule has 0 saturated heterocycles. The normalized spacial score (nSPS) is 9.72. The van der Waals surface area contributed by atoms with E-state index >= 15 is 0 Å². The third-order valence-electron chi connectivity index (χ3n) is 2.15. The molecule has 0 rings (SSSR count). The Balaban J connectivity index is 4.51. The number of hydrogen-bond donors (Lipinski definition) is 2. The number of aliphatic carboxylic acids is 1. The summed E-state index contributed by atoms with van der Waals surface area (Å²) in [4.78, 5) is 35.9. The van der Waals surface area contributed by atoms with Crippen molar-refractivity contribution in [3.63, 3.8) is 0 Å². The van der Waals surface area contributed by atoms with Crippen LogP contribution in [0.3, 0.4) is 0 Å². The summed E-state index contributed by atoms with van der Waals surface area (Å²) in [6.07, 6.45) is 0. The summed E-state index contributed by atoms with van der Waals surface area (Å²) in [5.74, 6) is -1.44. The molecule has 0 aromatic carbocycles. The van der Waals surface area contributed by atoms with E-state index in [1.165, 1.54) is 21.2 Å². The van der Waals surface area contributed by atoms with E-state index in [-0.39, 0.29) is 25.6 Å². The quantitative estimate of drug-likeness (QED) is 0.601. The lowest BCUT2D eigenvalue weighted by Crippen LogP contribution is -2.47. The number of rotatable bonds is 7. The number of carbonyl (C=O) groups excluding carboxylic acids is 2. The zero-order valence-corrected chi connectivity index (χ0v) is 10.8. The van der Waals surface area contributed by atoms with Crippen LogP contribution in [0.2, 0.25) is 0 Å². The largest absolute Gasteiger partial charge is 0.480 e. The lowest BCUT2D eigenvalue weighted by atomic mass is 10.4. The number of hydrogen-bond acceptors (Lipinski definition) is 4. The minimum absolute atomic E-state index is 0.127. The summed E-state index contributed by atoms with van der Waals surface area (Å²) in [7, 11) is 4.34. The fourth-order valence-electron chi connectivity index (χ4n) is 1.21.